The molecular weight excluding hydrogens is 286 g/mol. The molecule has 21 heavy (non-hydrogen) atoms. The molecule has 0 aliphatic rings. The Balaban J connectivity index is 2.49. The lowest BCUT2D eigenvalue weighted by Gasteiger charge is -2.21. The van der Waals surface area contributed by atoms with Crippen LogP contribution < -0.4 is 11.1 Å². The third kappa shape index (κ3) is 7.75. The molecule has 0 bridgehead atoms. The molecule has 116 valence electrons. The van der Waals surface area contributed by atoms with Crippen molar-refractivity contribution in [2.45, 2.75) is 13.3 Å². The van der Waals surface area contributed by atoms with Gasteiger partial charge in [0.25, 0.3) is 0 Å². The number of anilines is 1. The molecule has 0 aliphatic carbocycles. The Hall–Kier alpha value is -1.50. The van der Waals surface area contributed by atoms with Crippen molar-refractivity contribution < 1.29 is 9.53 Å². The molecule has 1 aromatic carbocycles. The van der Waals surface area contributed by atoms with Crippen molar-refractivity contribution in [3.05, 3.63) is 29.8 Å². The zero-order valence-electron chi connectivity index (χ0n) is 12.6. The summed E-state index contributed by atoms with van der Waals surface area (Å²) >= 11 is 4.88. The number of benzene rings is 1. The van der Waals surface area contributed by atoms with Gasteiger partial charge >= 0.3 is 0 Å². The molecule has 1 rings (SSSR count). The van der Waals surface area contributed by atoms with Crippen molar-refractivity contribution in [1.29, 1.82) is 0 Å². The number of ether oxygens (including phenoxy) is 1. The lowest BCUT2D eigenvalue weighted by Crippen LogP contribution is -2.37. The second-order valence-electron chi connectivity index (χ2n) is 4.90. The molecule has 0 spiro atoms. The first-order valence-electron chi connectivity index (χ1n) is 6.87. The first-order valence-corrected chi connectivity index (χ1v) is 7.28. The van der Waals surface area contributed by atoms with Crippen molar-refractivity contribution in [3.8, 4) is 0 Å². The number of thiocarbonyl (C=S) groups is 1. The summed E-state index contributed by atoms with van der Waals surface area (Å²) in [7, 11) is 1.64. The minimum atomic E-state index is -0.0575. The molecule has 5 nitrogen and oxygen atoms in total. The van der Waals surface area contributed by atoms with Crippen LogP contribution in [0.4, 0.5) is 5.69 Å². The van der Waals surface area contributed by atoms with Crippen LogP contribution in [0.5, 0.6) is 0 Å². The molecule has 1 aromatic rings. The van der Waals surface area contributed by atoms with Crippen LogP contribution in [0.1, 0.15) is 12.0 Å². The van der Waals surface area contributed by atoms with Crippen LogP contribution in [0, 0.1) is 6.92 Å². The number of rotatable bonds is 9. The SMILES string of the molecule is COCCN(CCC(N)=S)CC(=O)Nc1ccc(C)cc1. The third-order valence-corrected chi connectivity index (χ3v) is 3.19. The fourth-order valence-corrected chi connectivity index (χ4v) is 1.89. The normalized spacial score (nSPS) is 10.6. The fourth-order valence-electron chi connectivity index (χ4n) is 1.80. The van der Waals surface area contributed by atoms with Gasteiger partial charge < -0.3 is 15.8 Å². The highest BCUT2D eigenvalue weighted by molar-refractivity contribution is 7.80. The molecule has 0 saturated carbocycles. The number of carbonyl (C=O) groups is 1. The van der Waals surface area contributed by atoms with Crippen LogP contribution in [0.15, 0.2) is 24.3 Å². The Labute approximate surface area is 131 Å². The molecule has 0 heterocycles. The van der Waals surface area contributed by atoms with Gasteiger partial charge in [-0.05, 0) is 19.1 Å². The summed E-state index contributed by atoms with van der Waals surface area (Å²) in [6.45, 7) is 4.18. The van der Waals surface area contributed by atoms with Gasteiger partial charge in [-0.15, -0.1) is 0 Å². The van der Waals surface area contributed by atoms with Gasteiger partial charge in [0.05, 0.1) is 18.1 Å². The van der Waals surface area contributed by atoms with Crippen LogP contribution in [0.25, 0.3) is 0 Å². The standard InChI is InChI=1S/C15H23N3O2S/c1-12-3-5-13(6-4-12)17-15(19)11-18(9-10-20-2)8-7-14(16)21/h3-6H,7-11H2,1-2H3,(H2,16,21)(H,17,19). The lowest BCUT2D eigenvalue weighted by molar-refractivity contribution is -0.117. The molecule has 0 unspecified atom stereocenters. The lowest BCUT2D eigenvalue weighted by atomic mass is 10.2. The van der Waals surface area contributed by atoms with Crippen LogP contribution in [-0.2, 0) is 9.53 Å². The molecule has 0 atom stereocenters. The highest BCUT2D eigenvalue weighted by Crippen LogP contribution is 2.08. The van der Waals surface area contributed by atoms with E-state index in [0.717, 1.165) is 11.3 Å². The van der Waals surface area contributed by atoms with E-state index >= 15 is 0 Å². The Morgan fingerprint density at radius 1 is 1.33 bits per heavy atom. The first-order chi connectivity index (χ1) is 10.0. The largest absolute Gasteiger partial charge is 0.393 e. The summed E-state index contributed by atoms with van der Waals surface area (Å²) in [4.78, 5) is 14.5. The molecule has 0 radical (unpaired) electrons. The van der Waals surface area contributed by atoms with Gasteiger partial charge in [0.2, 0.25) is 5.91 Å². The number of carbonyl (C=O) groups excluding carboxylic acids is 1. The van der Waals surface area contributed by atoms with Gasteiger partial charge in [0.15, 0.2) is 0 Å². The van der Waals surface area contributed by atoms with Crippen molar-refractivity contribution >= 4 is 28.8 Å². The number of nitrogens with zero attached hydrogens (tertiary/aromatic N) is 1. The maximum Gasteiger partial charge on any atom is 0.238 e. The molecule has 6 heteroatoms. The first kappa shape index (κ1) is 17.6. The van der Waals surface area contributed by atoms with E-state index in [1.807, 2.05) is 36.1 Å². The zero-order chi connectivity index (χ0) is 15.7. The molecule has 0 aromatic heterocycles. The minimum Gasteiger partial charge on any atom is -0.393 e. The number of amides is 1. The monoisotopic (exact) mass is 309 g/mol. The summed E-state index contributed by atoms with van der Waals surface area (Å²) in [5.41, 5.74) is 7.47. The number of nitrogens with two attached hydrogens (primary N) is 1. The van der Waals surface area contributed by atoms with E-state index in [4.69, 9.17) is 22.7 Å². The second-order valence-corrected chi connectivity index (χ2v) is 5.42. The molecule has 0 saturated heterocycles. The molecular formula is C15H23N3O2S. The Morgan fingerprint density at radius 2 is 2.00 bits per heavy atom. The summed E-state index contributed by atoms with van der Waals surface area (Å²) in [5.74, 6) is -0.0575. The number of aryl methyl sites for hydroxylation is 1. The maximum absolute atomic E-state index is 12.1. The van der Waals surface area contributed by atoms with E-state index in [0.29, 0.717) is 37.7 Å². The van der Waals surface area contributed by atoms with Crippen LogP contribution >= 0.6 is 12.2 Å². The zero-order valence-corrected chi connectivity index (χ0v) is 13.4. The fraction of sp³-hybridized carbons (Fsp3) is 0.467. The minimum absolute atomic E-state index is 0.0575. The van der Waals surface area contributed by atoms with Gasteiger partial charge in [-0.3, -0.25) is 9.69 Å². The second kappa shape index (κ2) is 9.44. The van der Waals surface area contributed by atoms with E-state index in [1.165, 1.54) is 0 Å². The number of nitrogens with one attached hydrogen (secondary N) is 1. The van der Waals surface area contributed by atoms with E-state index in [-0.39, 0.29) is 5.91 Å². The Morgan fingerprint density at radius 3 is 2.57 bits per heavy atom. The highest BCUT2D eigenvalue weighted by Gasteiger charge is 2.11. The van der Waals surface area contributed by atoms with E-state index in [9.17, 15) is 4.79 Å². The molecule has 1 amide bonds. The average Bonchev–Trinajstić information content (AvgIpc) is 2.44. The summed E-state index contributed by atoms with van der Waals surface area (Å²) < 4.78 is 5.05. The Bertz CT molecular complexity index is 462. The quantitative estimate of drug-likeness (QED) is 0.678. The van der Waals surface area contributed by atoms with E-state index < -0.39 is 0 Å². The van der Waals surface area contributed by atoms with E-state index in [1.54, 1.807) is 7.11 Å². The maximum atomic E-state index is 12.1. The van der Waals surface area contributed by atoms with Gasteiger partial charge in [-0.1, -0.05) is 29.9 Å². The van der Waals surface area contributed by atoms with Gasteiger partial charge in [-0.2, -0.15) is 0 Å². The predicted molar refractivity (Wildman–Crippen MR) is 89.5 cm³/mol. The van der Waals surface area contributed by atoms with Crippen LogP contribution in [0.3, 0.4) is 0 Å². The third-order valence-electron chi connectivity index (χ3n) is 2.99. The number of hydrogen-bond donors (Lipinski definition) is 2. The van der Waals surface area contributed by atoms with Gasteiger partial charge in [0, 0.05) is 32.3 Å². The van der Waals surface area contributed by atoms with E-state index in [2.05, 4.69) is 5.32 Å². The smallest absolute Gasteiger partial charge is 0.238 e. The van der Waals surface area contributed by atoms with Crippen LogP contribution in [0.2, 0.25) is 0 Å². The number of methoxy groups -OCH3 is 1. The highest BCUT2D eigenvalue weighted by atomic mass is 32.1. The average molecular weight is 309 g/mol. The summed E-state index contributed by atoms with van der Waals surface area (Å²) in [6, 6.07) is 7.71. The predicted octanol–water partition coefficient (Wildman–Crippen LogP) is 1.56. The summed E-state index contributed by atoms with van der Waals surface area (Å²) in [5, 5.41) is 2.88. The summed E-state index contributed by atoms with van der Waals surface area (Å²) in [6.07, 6.45) is 0.594. The van der Waals surface area contributed by atoms with Gasteiger partial charge in [0.1, 0.15) is 0 Å². The molecule has 0 fully saturated rings. The number of hydrogen-bond acceptors (Lipinski definition) is 4. The van der Waals surface area contributed by atoms with Crippen molar-refractivity contribution in [1.82, 2.24) is 4.90 Å². The van der Waals surface area contributed by atoms with Crippen LogP contribution in [-0.4, -0.2) is 49.1 Å². The molecule has 0 aliphatic heterocycles. The van der Waals surface area contributed by atoms with Crippen molar-refractivity contribution in [2.24, 2.45) is 5.73 Å². The Kier molecular flexibility index (Phi) is 7.89. The van der Waals surface area contributed by atoms with Gasteiger partial charge in [-0.25, -0.2) is 0 Å². The van der Waals surface area contributed by atoms with Crippen molar-refractivity contribution in [2.75, 3.05) is 38.7 Å². The molecule has 3 N–H and O–H groups in total. The topological polar surface area (TPSA) is 67.6 Å². The van der Waals surface area contributed by atoms with Crippen molar-refractivity contribution in [3.63, 3.8) is 0 Å².